The van der Waals surface area contributed by atoms with E-state index in [9.17, 15) is 0 Å². The van der Waals surface area contributed by atoms with Crippen molar-refractivity contribution in [1.82, 2.24) is 0 Å². The second-order valence-electron chi connectivity index (χ2n) is 3.31. The lowest BCUT2D eigenvalue weighted by Crippen LogP contribution is -2.13. The van der Waals surface area contributed by atoms with Crippen LogP contribution in [0.5, 0.6) is 0 Å². The Hall–Kier alpha value is -0.275. The van der Waals surface area contributed by atoms with Gasteiger partial charge in [-0.3, -0.25) is 0 Å². The standard InChI is InChI=1S/C11H14BBrO/c1-9-3-2-4-10(5-9)8-14-11(6-12)7-13/h2-5,11H,6-8H2,1H3/t11-/m1/s1. The highest BCUT2D eigenvalue weighted by Gasteiger charge is 2.03. The predicted octanol–water partition coefficient (Wildman–Crippen LogP) is 2.86. The number of hydrogen-bond acceptors (Lipinski definition) is 1. The van der Waals surface area contributed by atoms with Gasteiger partial charge in [-0.05, 0) is 12.5 Å². The van der Waals surface area contributed by atoms with E-state index in [1.54, 1.807) is 0 Å². The van der Waals surface area contributed by atoms with E-state index >= 15 is 0 Å². The van der Waals surface area contributed by atoms with Crippen molar-refractivity contribution in [2.45, 2.75) is 26.0 Å². The van der Waals surface area contributed by atoms with Crippen LogP contribution in [0.2, 0.25) is 6.32 Å². The third kappa shape index (κ3) is 3.85. The molecule has 0 saturated heterocycles. The average Bonchev–Trinajstić information content (AvgIpc) is 2.19. The molecule has 0 heterocycles. The lowest BCUT2D eigenvalue weighted by Gasteiger charge is -2.13. The van der Waals surface area contributed by atoms with Crippen LogP contribution in [-0.4, -0.2) is 19.3 Å². The van der Waals surface area contributed by atoms with Crippen LogP contribution < -0.4 is 0 Å². The third-order valence-electron chi connectivity index (χ3n) is 2.00. The molecular weight excluding hydrogens is 239 g/mol. The number of rotatable bonds is 5. The maximum absolute atomic E-state index is 5.61. The molecule has 74 valence electrons. The summed E-state index contributed by atoms with van der Waals surface area (Å²) in [5.41, 5.74) is 2.46. The van der Waals surface area contributed by atoms with Crippen molar-refractivity contribution in [3.05, 3.63) is 35.4 Å². The Kier molecular flexibility index (Phi) is 5.27. The van der Waals surface area contributed by atoms with E-state index in [1.807, 2.05) is 6.07 Å². The fraction of sp³-hybridized carbons (Fsp3) is 0.455. The van der Waals surface area contributed by atoms with Crippen LogP contribution in [0.3, 0.4) is 0 Å². The van der Waals surface area contributed by atoms with Gasteiger partial charge in [0.1, 0.15) is 0 Å². The highest BCUT2D eigenvalue weighted by Crippen LogP contribution is 2.09. The Labute approximate surface area is 95.4 Å². The molecular formula is C11H14BBrO. The first-order valence-electron chi connectivity index (χ1n) is 4.69. The van der Waals surface area contributed by atoms with E-state index in [1.165, 1.54) is 11.1 Å². The summed E-state index contributed by atoms with van der Waals surface area (Å²) in [6, 6.07) is 8.31. The lowest BCUT2D eigenvalue weighted by atomic mass is 10.0. The smallest absolute Gasteiger partial charge is 0.0720 e. The van der Waals surface area contributed by atoms with Gasteiger partial charge < -0.3 is 4.74 Å². The van der Waals surface area contributed by atoms with Gasteiger partial charge in [-0.1, -0.05) is 52.1 Å². The van der Waals surface area contributed by atoms with E-state index in [0.717, 1.165) is 5.33 Å². The first kappa shape index (κ1) is 11.8. The largest absolute Gasteiger partial charge is 0.373 e. The number of benzene rings is 1. The molecule has 1 aromatic rings. The third-order valence-corrected chi connectivity index (χ3v) is 2.73. The van der Waals surface area contributed by atoms with E-state index in [4.69, 9.17) is 12.6 Å². The molecule has 1 rings (SSSR count). The molecule has 0 fully saturated rings. The van der Waals surface area contributed by atoms with Gasteiger partial charge >= 0.3 is 0 Å². The van der Waals surface area contributed by atoms with Crippen LogP contribution in [0.25, 0.3) is 0 Å². The molecule has 0 aliphatic carbocycles. The van der Waals surface area contributed by atoms with Crippen LogP contribution >= 0.6 is 15.9 Å². The van der Waals surface area contributed by atoms with Crippen LogP contribution in [0.4, 0.5) is 0 Å². The molecule has 1 atom stereocenters. The van der Waals surface area contributed by atoms with Crippen molar-refractivity contribution in [2.24, 2.45) is 0 Å². The maximum Gasteiger partial charge on any atom is 0.0720 e. The highest BCUT2D eigenvalue weighted by molar-refractivity contribution is 9.09. The second-order valence-corrected chi connectivity index (χ2v) is 3.96. The monoisotopic (exact) mass is 252 g/mol. The molecule has 2 radical (unpaired) electrons. The van der Waals surface area contributed by atoms with Crippen molar-refractivity contribution in [3.8, 4) is 0 Å². The van der Waals surface area contributed by atoms with E-state index in [-0.39, 0.29) is 6.10 Å². The molecule has 0 spiro atoms. The van der Waals surface area contributed by atoms with Crippen molar-refractivity contribution in [2.75, 3.05) is 5.33 Å². The first-order valence-corrected chi connectivity index (χ1v) is 5.81. The lowest BCUT2D eigenvalue weighted by molar-refractivity contribution is 0.0699. The fourth-order valence-corrected chi connectivity index (χ4v) is 1.64. The van der Waals surface area contributed by atoms with Crippen molar-refractivity contribution in [1.29, 1.82) is 0 Å². The minimum atomic E-state index is 0.107. The van der Waals surface area contributed by atoms with Crippen LogP contribution in [0.15, 0.2) is 24.3 Å². The number of alkyl halides is 1. The SMILES string of the molecule is [B]C[C@H](CBr)OCc1cccc(C)c1. The van der Waals surface area contributed by atoms with Gasteiger partial charge in [0.05, 0.1) is 20.6 Å². The molecule has 1 aromatic carbocycles. The summed E-state index contributed by atoms with van der Waals surface area (Å²) in [5, 5.41) is 0.787. The molecule has 0 N–H and O–H groups in total. The Morgan fingerprint density at radius 1 is 1.50 bits per heavy atom. The van der Waals surface area contributed by atoms with Gasteiger partial charge in [0.2, 0.25) is 0 Å². The quantitative estimate of drug-likeness (QED) is 0.579. The van der Waals surface area contributed by atoms with Crippen molar-refractivity contribution in [3.63, 3.8) is 0 Å². The summed E-state index contributed by atoms with van der Waals surface area (Å²) in [6.45, 7) is 2.71. The van der Waals surface area contributed by atoms with Crippen molar-refractivity contribution >= 4 is 23.8 Å². The number of aryl methyl sites for hydroxylation is 1. The molecule has 0 aromatic heterocycles. The molecule has 3 heteroatoms. The Morgan fingerprint density at radius 2 is 2.29 bits per heavy atom. The Morgan fingerprint density at radius 3 is 2.86 bits per heavy atom. The molecule has 1 nitrogen and oxygen atoms in total. The maximum atomic E-state index is 5.61. The molecule has 0 aliphatic heterocycles. The summed E-state index contributed by atoms with van der Waals surface area (Å²) in [6.07, 6.45) is 0.660. The van der Waals surface area contributed by atoms with E-state index in [2.05, 4.69) is 41.1 Å². The van der Waals surface area contributed by atoms with Crippen LogP contribution in [0.1, 0.15) is 11.1 Å². The zero-order valence-electron chi connectivity index (χ0n) is 8.37. The topological polar surface area (TPSA) is 9.23 Å². The molecule has 0 aliphatic rings. The number of hydrogen-bond donors (Lipinski definition) is 0. The van der Waals surface area contributed by atoms with Crippen LogP contribution in [0, 0.1) is 6.92 Å². The summed E-state index contributed by atoms with van der Waals surface area (Å²) in [4.78, 5) is 0. The minimum Gasteiger partial charge on any atom is -0.373 e. The molecule has 14 heavy (non-hydrogen) atoms. The highest BCUT2D eigenvalue weighted by atomic mass is 79.9. The summed E-state index contributed by atoms with van der Waals surface area (Å²) < 4.78 is 5.61. The zero-order chi connectivity index (χ0) is 10.4. The normalized spacial score (nSPS) is 12.7. The molecule has 0 unspecified atom stereocenters. The summed E-state index contributed by atoms with van der Waals surface area (Å²) in [7, 11) is 5.52. The molecule has 0 amide bonds. The zero-order valence-corrected chi connectivity index (χ0v) is 9.96. The number of ether oxygens (including phenoxy) is 1. The minimum absolute atomic E-state index is 0.107. The van der Waals surface area contributed by atoms with Gasteiger partial charge in [0.15, 0.2) is 0 Å². The first-order chi connectivity index (χ1) is 6.76. The van der Waals surface area contributed by atoms with Crippen LogP contribution in [-0.2, 0) is 11.3 Å². The summed E-state index contributed by atoms with van der Waals surface area (Å²) in [5.74, 6) is 0. The number of halogens is 1. The van der Waals surface area contributed by atoms with Gasteiger partial charge in [0.25, 0.3) is 0 Å². The van der Waals surface area contributed by atoms with E-state index < -0.39 is 0 Å². The van der Waals surface area contributed by atoms with Gasteiger partial charge in [-0.15, -0.1) is 0 Å². The Bertz CT molecular complexity index is 274. The van der Waals surface area contributed by atoms with Crippen molar-refractivity contribution < 1.29 is 4.74 Å². The summed E-state index contributed by atoms with van der Waals surface area (Å²) >= 11 is 3.36. The Balaban J connectivity index is 2.44. The van der Waals surface area contributed by atoms with Gasteiger partial charge in [0, 0.05) is 5.33 Å². The second kappa shape index (κ2) is 6.25. The predicted molar refractivity (Wildman–Crippen MR) is 64.1 cm³/mol. The molecule has 0 saturated carbocycles. The fourth-order valence-electron chi connectivity index (χ4n) is 1.19. The van der Waals surface area contributed by atoms with E-state index in [0.29, 0.717) is 12.9 Å². The van der Waals surface area contributed by atoms with Gasteiger partial charge in [-0.25, -0.2) is 0 Å². The molecule has 0 bridgehead atoms. The average molecular weight is 253 g/mol. The van der Waals surface area contributed by atoms with Gasteiger partial charge in [-0.2, -0.15) is 0 Å².